The number of aromatic nitrogens is 4. The van der Waals surface area contributed by atoms with Crippen LogP contribution in [-0.2, 0) is 6.54 Å². The first-order chi connectivity index (χ1) is 16.1. The molecule has 3 aromatic heterocycles. The number of nitrogens with zero attached hydrogens (tertiary/aromatic N) is 6. The van der Waals surface area contributed by atoms with Gasteiger partial charge in [0.25, 0.3) is 5.91 Å². The van der Waals surface area contributed by atoms with Crippen molar-refractivity contribution < 1.29 is 4.79 Å². The van der Waals surface area contributed by atoms with Gasteiger partial charge in [-0.1, -0.05) is 12.1 Å². The van der Waals surface area contributed by atoms with Gasteiger partial charge >= 0.3 is 0 Å². The zero-order chi connectivity index (χ0) is 22.8. The molecule has 4 heterocycles. The third-order valence-corrected chi connectivity index (χ3v) is 6.09. The van der Waals surface area contributed by atoms with E-state index in [1.807, 2.05) is 35.3 Å². The summed E-state index contributed by atoms with van der Waals surface area (Å²) in [6.45, 7) is 6.68. The SMILES string of the molecule is CCn1cc(-c2ccc3cnc(NC(=O)c4ccnc(N5CCN(C)CC5)c4)cc3c2)cn1. The Balaban J connectivity index is 1.35. The van der Waals surface area contributed by atoms with Gasteiger partial charge in [-0.25, -0.2) is 9.97 Å². The van der Waals surface area contributed by atoms with Gasteiger partial charge in [0.2, 0.25) is 0 Å². The van der Waals surface area contributed by atoms with E-state index in [0.29, 0.717) is 11.4 Å². The van der Waals surface area contributed by atoms with Gasteiger partial charge < -0.3 is 15.1 Å². The highest BCUT2D eigenvalue weighted by Gasteiger charge is 2.17. The minimum atomic E-state index is -0.194. The number of hydrogen-bond donors (Lipinski definition) is 1. The van der Waals surface area contributed by atoms with Gasteiger partial charge in [0, 0.05) is 67.8 Å². The number of carbonyl (C=O) groups is 1. The maximum absolute atomic E-state index is 12.9. The van der Waals surface area contributed by atoms with Gasteiger partial charge in [-0.3, -0.25) is 9.48 Å². The maximum Gasteiger partial charge on any atom is 0.257 e. The van der Waals surface area contributed by atoms with Gasteiger partial charge in [0.05, 0.1) is 6.20 Å². The molecule has 4 aromatic rings. The molecule has 33 heavy (non-hydrogen) atoms. The molecular formula is C25H27N7O. The van der Waals surface area contributed by atoms with Crippen molar-refractivity contribution in [3.05, 3.63) is 66.7 Å². The summed E-state index contributed by atoms with van der Waals surface area (Å²) in [6, 6.07) is 11.7. The Morgan fingerprint density at radius 3 is 2.61 bits per heavy atom. The molecule has 0 aliphatic carbocycles. The minimum absolute atomic E-state index is 0.194. The molecule has 8 heteroatoms. The summed E-state index contributed by atoms with van der Waals surface area (Å²) in [5.74, 6) is 1.16. The van der Waals surface area contributed by atoms with Crippen molar-refractivity contribution in [3.8, 4) is 11.1 Å². The fraction of sp³-hybridized carbons (Fsp3) is 0.280. The standard InChI is InChI=1S/C25H27N7O/c1-3-32-17-22(16-28-32)18-4-5-20-15-27-23(13-21(20)12-18)29-25(33)19-6-7-26-24(14-19)31-10-8-30(2)9-11-31/h4-7,12-17H,3,8-11H2,1-2H3,(H,27,29,33). The van der Waals surface area contributed by atoms with Crippen LogP contribution in [0.25, 0.3) is 21.9 Å². The molecule has 1 fully saturated rings. The normalized spacial score (nSPS) is 14.5. The molecule has 168 valence electrons. The van der Waals surface area contributed by atoms with E-state index in [9.17, 15) is 4.79 Å². The van der Waals surface area contributed by atoms with Crippen LogP contribution in [0.5, 0.6) is 0 Å². The number of pyridine rings is 2. The largest absolute Gasteiger partial charge is 0.354 e. The number of rotatable bonds is 5. The molecule has 1 N–H and O–H groups in total. The van der Waals surface area contributed by atoms with E-state index in [0.717, 1.165) is 60.4 Å². The monoisotopic (exact) mass is 441 g/mol. The van der Waals surface area contributed by atoms with Gasteiger partial charge in [-0.15, -0.1) is 0 Å². The van der Waals surface area contributed by atoms with Gasteiger partial charge in [0.15, 0.2) is 0 Å². The Kier molecular flexibility index (Phi) is 5.75. The Morgan fingerprint density at radius 2 is 1.82 bits per heavy atom. The molecule has 0 bridgehead atoms. The predicted octanol–water partition coefficient (Wildman–Crippen LogP) is 3.52. The Hall–Kier alpha value is -3.78. The summed E-state index contributed by atoms with van der Waals surface area (Å²) in [7, 11) is 2.12. The molecule has 0 spiro atoms. The molecule has 0 radical (unpaired) electrons. The second kappa shape index (κ2) is 8.99. The zero-order valence-electron chi connectivity index (χ0n) is 18.9. The van der Waals surface area contributed by atoms with Crippen LogP contribution in [0.3, 0.4) is 0 Å². The van der Waals surface area contributed by atoms with Gasteiger partial charge in [-0.05, 0) is 49.2 Å². The first-order valence-electron chi connectivity index (χ1n) is 11.2. The van der Waals surface area contributed by atoms with Crippen LogP contribution in [0.15, 0.2) is 61.2 Å². The van der Waals surface area contributed by atoms with Gasteiger partial charge in [-0.2, -0.15) is 5.10 Å². The average molecular weight is 442 g/mol. The maximum atomic E-state index is 12.9. The van der Waals surface area contributed by atoms with E-state index in [-0.39, 0.29) is 5.91 Å². The predicted molar refractivity (Wildman–Crippen MR) is 131 cm³/mol. The van der Waals surface area contributed by atoms with Crippen LogP contribution in [0.1, 0.15) is 17.3 Å². The van der Waals surface area contributed by atoms with E-state index < -0.39 is 0 Å². The quantitative estimate of drug-likeness (QED) is 0.511. The van der Waals surface area contributed by atoms with Crippen molar-refractivity contribution in [2.75, 3.05) is 43.4 Å². The van der Waals surface area contributed by atoms with E-state index in [4.69, 9.17) is 0 Å². The molecule has 5 rings (SSSR count). The third-order valence-electron chi connectivity index (χ3n) is 6.09. The third kappa shape index (κ3) is 4.56. The van der Waals surface area contributed by atoms with Crippen LogP contribution >= 0.6 is 0 Å². The number of benzene rings is 1. The first kappa shape index (κ1) is 21.1. The number of fused-ring (bicyclic) bond motifs is 1. The second-order valence-electron chi connectivity index (χ2n) is 8.36. The fourth-order valence-electron chi connectivity index (χ4n) is 4.03. The molecule has 1 aliphatic heterocycles. The summed E-state index contributed by atoms with van der Waals surface area (Å²) >= 11 is 0. The van der Waals surface area contributed by atoms with E-state index in [1.54, 1.807) is 18.5 Å². The molecule has 1 aromatic carbocycles. The smallest absolute Gasteiger partial charge is 0.257 e. The second-order valence-corrected chi connectivity index (χ2v) is 8.36. The fourth-order valence-corrected chi connectivity index (χ4v) is 4.03. The highest BCUT2D eigenvalue weighted by Crippen LogP contribution is 2.25. The summed E-state index contributed by atoms with van der Waals surface area (Å²) in [6.07, 6.45) is 7.38. The summed E-state index contributed by atoms with van der Waals surface area (Å²) in [5, 5.41) is 9.33. The number of amides is 1. The van der Waals surface area contributed by atoms with Crippen LogP contribution in [0, 0.1) is 0 Å². The summed E-state index contributed by atoms with van der Waals surface area (Å²) < 4.78 is 1.91. The average Bonchev–Trinajstić information content (AvgIpc) is 3.34. The van der Waals surface area contributed by atoms with Crippen molar-refractivity contribution in [1.82, 2.24) is 24.6 Å². The summed E-state index contributed by atoms with van der Waals surface area (Å²) in [5.41, 5.74) is 2.72. The highest BCUT2D eigenvalue weighted by molar-refractivity contribution is 6.05. The Labute approximate surface area is 192 Å². The molecule has 8 nitrogen and oxygen atoms in total. The molecular weight excluding hydrogens is 414 g/mol. The lowest BCUT2D eigenvalue weighted by molar-refractivity contribution is 0.102. The van der Waals surface area contributed by atoms with Crippen molar-refractivity contribution in [1.29, 1.82) is 0 Å². The van der Waals surface area contributed by atoms with E-state index in [2.05, 4.69) is 56.3 Å². The Bertz CT molecular complexity index is 1290. The number of piperazine rings is 1. The molecule has 1 saturated heterocycles. The molecule has 1 aliphatic rings. The Morgan fingerprint density at radius 1 is 0.970 bits per heavy atom. The number of hydrogen-bond acceptors (Lipinski definition) is 6. The highest BCUT2D eigenvalue weighted by atomic mass is 16.1. The van der Waals surface area contributed by atoms with Crippen molar-refractivity contribution in [2.45, 2.75) is 13.5 Å². The molecule has 1 amide bonds. The number of carbonyl (C=O) groups excluding carboxylic acids is 1. The number of anilines is 2. The van der Waals surface area contributed by atoms with Crippen molar-refractivity contribution in [2.24, 2.45) is 0 Å². The van der Waals surface area contributed by atoms with Crippen LogP contribution in [-0.4, -0.2) is 63.8 Å². The van der Waals surface area contributed by atoms with Gasteiger partial charge in [0.1, 0.15) is 11.6 Å². The number of nitrogens with one attached hydrogen (secondary N) is 1. The number of aryl methyl sites for hydroxylation is 1. The zero-order valence-corrected chi connectivity index (χ0v) is 18.9. The van der Waals surface area contributed by atoms with Crippen LogP contribution in [0.4, 0.5) is 11.6 Å². The first-order valence-corrected chi connectivity index (χ1v) is 11.2. The van der Waals surface area contributed by atoms with E-state index in [1.165, 1.54) is 0 Å². The lowest BCUT2D eigenvalue weighted by Gasteiger charge is -2.33. The molecule has 0 atom stereocenters. The van der Waals surface area contributed by atoms with Crippen LogP contribution in [0.2, 0.25) is 0 Å². The number of likely N-dealkylation sites (N-methyl/N-ethyl adjacent to an activating group) is 1. The molecule has 0 saturated carbocycles. The molecule has 0 unspecified atom stereocenters. The van der Waals surface area contributed by atoms with Crippen molar-refractivity contribution in [3.63, 3.8) is 0 Å². The topological polar surface area (TPSA) is 79.2 Å². The van der Waals surface area contributed by atoms with E-state index >= 15 is 0 Å². The van der Waals surface area contributed by atoms with Crippen molar-refractivity contribution >= 4 is 28.3 Å². The van der Waals surface area contributed by atoms with Crippen LogP contribution < -0.4 is 10.2 Å². The minimum Gasteiger partial charge on any atom is -0.354 e. The lowest BCUT2D eigenvalue weighted by atomic mass is 10.1. The summed E-state index contributed by atoms with van der Waals surface area (Å²) in [4.78, 5) is 26.4. The lowest BCUT2D eigenvalue weighted by Crippen LogP contribution is -2.44.